The van der Waals surface area contributed by atoms with Gasteiger partial charge < -0.3 is 25.3 Å². The van der Waals surface area contributed by atoms with Crippen LogP contribution in [0.3, 0.4) is 0 Å². The van der Waals surface area contributed by atoms with Crippen LogP contribution in [-0.4, -0.2) is 52.3 Å². The summed E-state index contributed by atoms with van der Waals surface area (Å²) in [4.78, 5) is 19.0. The van der Waals surface area contributed by atoms with Crippen LogP contribution in [0.1, 0.15) is 32.1 Å². The molecule has 29 heavy (non-hydrogen) atoms. The van der Waals surface area contributed by atoms with Crippen LogP contribution in [0.4, 0.5) is 23.1 Å². The Morgan fingerprint density at radius 3 is 2.59 bits per heavy atom. The van der Waals surface area contributed by atoms with Gasteiger partial charge in [0.2, 0.25) is 5.95 Å². The van der Waals surface area contributed by atoms with Gasteiger partial charge in [0.05, 0.1) is 13.2 Å². The predicted octanol–water partition coefficient (Wildman–Crippen LogP) is 3.68. The van der Waals surface area contributed by atoms with Crippen molar-refractivity contribution in [1.29, 1.82) is 0 Å². The summed E-state index contributed by atoms with van der Waals surface area (Å²) >= 11 is 0. The van der Waals surface area contributed by atoms with Gasteiger partial charge in [-0.05, 0) is 37.1 Å². The Balaban J connectivity index is 1.31. The Morgan fingerprint density at radius 1 is 1.00 bits per heavy atom. The third-order valence-electron chi connectivity index (χ3n) is 5.74. The maximum absolute atomic E-state index is 5.43. The van der Waals surface area contributed by atoms with Crippen molar-refractivity contribution in [2.75, 3.05) is 41.8 Å². The summed E-state index contributed by atoms with van der Waals surface area (Å²) in [5.41, 5.74) is 3.72. The van der Waals surface area contributed by atoms with E-state index in [1.54, 1.807) is 6.33 Å². The Morgan fingerprint density at radius 2 is 1.79 bits per heavy atom. The molecule has 0 spiro atoms. The van der Waals surface area contributed by atoms with Crippen molar-refractivity contribution < 1.29 is 4.74 Å². The van der Waals surface area contributed by atoms with Crippen molar-refractivity contribution in [3.63, 3.8) is 0 Å². The van der Waals surface area contributed by atoms with Crippen LogP contribution in [0, 0.1) is 0 Å². The highest BCUT2D eigenvalue weighted by Gasteiger charge is 2.17. The minimum atomic E-state index is 0.481. The van der Waals surface area contributed by atoms with Crippen LogP contribution in [0.25, 0.3) is 11.2 Å². The molecule has 3 N–H and O–H groups in total. The third kappa shape index (κ3) is 4.12. The molecule has 0 bridgehead atoms. The molecular formula is C21H27N7O. The second-order valence-corrected chi connectivity index (χ2v) is 7.76. The standard InChI is InChI=1S/C21H27N7O/c1-2-4-15(5-3-1)24-19-18-20(23-14-22-19)27-21(26-18)25-16-6-8-17(9-7-16)28-10-12-29-13-11-28/h6-9,14-15H,1-5,10-13H2,(H3,22,23,24,25,26,27). The number of imidazole rings is 1. The van der Waals surface area contributed by atoms with E-state index < -0.39 is 0 Å². The van der Waals surface area contributed by atoms with E-state index in [9.17, 15) is 0 Å². The number of aromatic amines is 1. The molecule has 1 aliphatic heterocycles. The molecule has 1 saturated carbocycles. The highest BCUT2D eigenvalue weighted by Crippen LogP contribution is 2.26. The SMILES string of the molecule is c1nc(NC2CCCCC2)c2[nH]c(Nc3ccc(N4CCOCC4)cc3)nc2n1. The average molecular weight is 393 g/mol. The van der Waals surface area contributed by atoms with Crippen molar-refractivity contribution >= 4 is 34.3 Å². The van der Waals surface area contributed by atoms with Crippen LogP contribution >= 0.6 is 0 Å². The molecule has 8 heteroatoms. The zero-order valence-corrected chi connectivity index (χ0v) is 16.5. The first-order chi connectivity index (χ1) is 14.3. The summed E-state index contributed by atoms with van der Waals surface area (Å²) in [7, 11) is 0. The first kappa shape index (κ1) is 18.2. The fourth-order valence-electron chi connectivity index (χ4n) is 4.15. The van der Waals surface area contributed by atoms with Crippen molar-refractivity contribution in [2.45, 2.75) is 38.1 Å². The van der Waals surface area contributed by atoms with Gasteiger partial charge in [0.1, 0.15) is 11.8 Å². The van der Waals surface area contributed by atoms with Gasteiger partial charge in [0.15, 0.2) is 11.5 Å². The number of nitrogens with one attached hydrogen (secondary N) is 3. The highest BCUT2D eigenvalue weighted by molar-refractivity contribution is 5.85. The van der Waals surface area contributed by atoms with Gasteiger partial charge in [0.25, 0.3) is 0 Å². The highest BCUT2D eigenvalue weighted by atomic mass is 16.5. The first-order valence-electron chi connectivity index (χ1n) is 10.5. The molecule has 3 aromatic rings. The van der Waals surface area contributed by atoms with Crippen LogP contribution in [0.5, 0.6) is 0 Å². The first-order valence-corrected chi connectivity index (χ1v) is 10.5. The number of H-pyrrole nitrogens is 1. The van der Waals surface area contributed by atoms with Crippen LogP contribution < -0.4 is 15.5 Å². The Bertz CT molecular complexity index is 943. The molecule has 152 valence electrons. The number of morpholine rings is 1. The molecule has 0 unspecified atom stereocenters. The van der Waals surface area contributed by atoms with E-state index in [0.29, 0.717) is 17.6 Å². The van der Waals surface area contributed by atoms with E-state index >= 15 is 0 Å². The van der Waals surface area contributed by atoms with Crippen LogP contribution in [0.15, 0.2) is 30.6 Å². The van der Waals surface area contributed by atoms with Crippen LogP contribution in [-0.2, 0) is 4.74 Å². The van der Waals surface area contributed by atoms with E-state index in [1.165, 1.54) is 37.8 Å². The number of nitrogens with zero attached hydrogens (tertiary/aromatic N) is 4. The lowest BCUT2D eigenvalue weighted by Crippen LogP contribution is -2.36. The molecule has 2 aromatic heterocycles. The fraction of sp³-hybridized carbons (Fsp3) is 0.476. The van der Waals surface area contributed by atoms with E-state index in [0.717, 1.165) is 43.3 Å². The van der Waals surface area contributed by atoms with E-state index in [-0.39, 0.29) is 0 Å². The van der Waals surface area contributed by atoms with Gasteiger partial charge in [-0.1, -0.05) is 19.3 Å². The Hall–Kier alpha value is -2.87. The quantitative estimate of drug-likeness (QED) is 0.609. The number of rotatable bonds is 5. The van der Waals surface area contributed by atoms with Crippen molar-refractivity contribution in [3.8, 4) is 0 Å². The molecular weight excluding hydrogens is 366 g/mol. The molecule has 1 aromatic carbocycles. The number of aromatic nitrogens is 4. The number of benzene rings is 1. The second-order valence-electron chi connectivity index (χ2n) is 7.76. The maximum atomic E-state index is 5.43. The monoisotopic (exact) mass is 393 g/mol. The molecule has 3 heterocycles. The number of ether oxygens (including phenoxy) is 1. The van der Waals surface area contributed by atoms with Gasteiger partial charge in [-0.15, -0.1) is 0 Å². The van der Waals surface area contributed by atoms with Gasteiger partial charge >= 0.3 is 0 Å². The lowest BCUT2D eigenvalue weighted by atomic mass is 9.95. The molecule has 0 amide bonds. The Labute approximate surface area is 170 Å². The van der Waals surface area contributed by atoms with E-state index in [4.69, 9.17) is 4.74 Å². The number of hydrogen-bond acceptors (Lipinski definition) is 7. The molecule has 2 aliphatic rings. The molecule has 1 aliphatic carbocycles. The summed E-state index contributed by atoms with van der Waals surface area (Å²) < 4.78 is 5.43. The largest absolute Gasteiger partial charge is 0.378 e. The third-order valence-corrected chi connectivity index (χ3v) is 5.74. The topological polar surface area (TPSA) is 91.0 Å². The van der Waals surface area contributed by atoms with Crippen molar-refractivity contribution in [2.24, 2.45) is 0 Å². The lowest BCUT2D eigenvalue weighted by Gasteiger charge is -2.28. The molecule has 1 saturated heterocycles. The summed E-state index contributed by atoms with van der Waals surface area (Å²) in [6.45, 7) is 3.45. The Kier molecular flexibility index (Phi) is 5.17. The molecule has 5 rings (SSSR count). The van der Waals surface area contributed by atoms with Crippen molar-refractivity contribution in [1.82, 2.24) is 19.9 Å². The summed E-state index contributed by atoms with van der Waals surface area (Å²) in [5, 5.41) is 6.93. The zero-order chi connectivity index (χ0) is 19.5. The lowest BCUT2D eigenvalue weighted by molar-refractivity contribution is 0.122. The minimum Gasteiger partial charge on any atom is -0.378 e. The molecule has 2 fully saturated rings. The van der Waals surface area contributed by atoms with Gasteiger partial charge in [-0.3, -0.25) is 0 Å². The average Bonchev–Trinajstić information content (AvgIpc) is 3.19. The van der Waals surface area contributed by atoms with Gasteiger partial charge in [0, 0.05) is 30.5 Å². The minimum absolute atomic E-state index is 0.481. The second kappa shape index (κ2) is 8.24. The maximum Gasteiger partial charge on any atom is 0.207 e. The van der Waals surface area contributed by atoms with E-state index in [1.807, 2.05) is 0 Å². The molecule has 8 nitrogen and oxygen atoms in total. The normalized spacial score (nSPS) is 18.1. The predicted molar refractivity (Wildman–Crippen MR) is 115 cm³/mol. The summed E-state index contributed by atoms with van der Waals surface area (Å²) in [6, 6.07) is 8.89. The fourth-order valence-corrected chi connectivity index (χ4v) is 4.15. The smallest absolute Gasteiger partial charge is 0.207 e. The molecule has 0 atom stereocenters. The number of anilines is 4. The van der Waals surface area contributed by atoms with Crippen molar-refractivity contribution in [3.05, 3.63) is 30.6 Å². The van der Waals surface area contributed by atoms with E-state index in [2.05, 4.69) is 59.7 Å². The summed E-state index contributed by atoms with van der Waals surface area (Å²) in [5.74, 6) is 1.51. The van der Waals surface area contributed by atoms with Gasteiger partial charge in [-0.2, -0.15) is 4.98 Å². The summed E-state index contributed by atoms with van der Waals surface area (Å²) in [6.07, 6.45) is 7.86. The molecule has 0 radical (unpaired) electrons. The number of fused-ring (bicyclic) bond motifs is 1. The van der Waals surface area contributed by atoms with Gasteiger partial charge in [-0.25, -0.2) is 9.97 Å². The van der Waals surface area contributed by atoms with Crippen LogP contribution in [0.2, 0.25) is 0 Å². The zero-order valence-electron chi connectivity index (χ0n) is 16.5. The number of hydrogen-bond donors (Lipinski definition) is 3.